The number of hydrogen-bond donors (Lipinski definition) is 1. The van der Waals surface area contributed by atoms with Crippen LogP contribution in [0.25, 0.3) is 0 Å². The maximum absolute atomic E-state index is 11.8. The second kappa shape index (κ2) is 6.14. The number of ether oxygens (including phenoxy) is 1. The van der Waals surface area contributed by atoms with Crippen LogP contribution >= 0.6 is 0 Å². The van der Waals surface area contributed by atoms with Gasteiger partial charge in [0, 0.05) is 6.54 Å². The maximum atomic E-state index is 11.8. The lowest BCUT2D eigenvalue weighted by Gasteiger charge is -2.11. The largest absolute Gasteiger partial charge is 0.376 e. The predicted molar refractivity (Wildman–Crippen MR) is 69.6 cm³/mol. The average molecular weight is 297 g/mol. The summed E-state index contributed by atoms with van der Waals surface area (Å²) in [5, 5.41) is -0.830. The first-order chi connectivity index (χ1) is 8.23. The topological polar surface area (TPSA) is 89.5 Å². The van der Waals surface area contributed by atoms with Gasteiger partial charge in [-0.25, -0.2) is 21.6 Å². The molecule has 1 N–H and O–H groups in total. The molecule has 1 aliphatic rings. The van der Waals surface area contributed by atoms with Crippen molar-refractivity contribution in [3.63, 3.8) is 0 Å². The molecule has 8 heteroatoms. The minimum absolute atomic E-state index is 0.0509. The van der Waals surface area contributed by atoms with Crippen LogP contribution in [0.15, 0.2) is 12.2 Å². The number of sulfonamides is 1. The third-order valence-corrected chi connectivity index (χ3v) is 6.39. The van der Waals surface area contributed by atoms with Gasteiger partial charge in [0.2, 0.25) is 10.0 Å². The van der Waals surface area contributed by atoms with Crippen molar-refractivity contribution in [2.24, 2.45) is 0 Å². The zero-order valence-electron chi connectivity index (χ0n) is 10.4. The van der Waals surface area contributed by atoms with Gasteiger partial charge >= 0.3 is 0 Å². The summed E-state index contributed by atoms with van der Waals surface area (Å²) in [4.78, 5) is 0. The maximum Gasteiger partial charge on any atom is 0.215 e. The van der Waals surface area contributed by atoms with Crippen LogP contribution < -0.4 is 4.72 Å². The van der Waals surface area contributed by atoms with Crippen LogP contribution in [0.4, 0.5) is 0 Å². The molecule has 0 aliphatic carbocycles. The Morgan fingerprint density at radius 2 is 2.17 bits per heavy atom. The van der Waals surface area contributed by atoms with E-state index in [1.807, 2.05) is 6.92 Å². The molecule has 1 fully saturated rings. The molecular weight excluding hydrogens is 278 g/mol. The second-order valence-corrected chi connectivity index (χ2v) is 8.75. The van der Waals surface area contributed by atoms with Crippen molar-refractivity contribution in [3.8, 4) is 0 Å². The lowest BCUT2D eigenvalue weighted by atomic mass is 10.4. The summed E-state index contributed by atoms with van der Waals surface area (Å²) in [5.74, 6) is -0.334. The highest BCUT2D eigenvalue weighted by Gasteiger charge is 2.36. The van der Waals surface area contributed by atoms with E-state index in [1.165, 1.54) is 0 Å². The molecule has 1 aliphatic heterocycles. The van der Waals surface area contributed by atoms with E-state index >= 15 is 0 Å². The molecular formula is C10H19NO5S2. The molecule has 1 saturated heterocycles. The van der Waals surface area contributed by atoms with Crippen LogP contribution in [-0.4, -0.2) is 53.3 Å². The minimum atomic E-state index is -3.56. The van der Waals surface area contributed by atoms with Gasteiger partial charge in [0.25, 0.3) is 0 Å². The highest BCUT2D eigenvalue weighted by atomic mass is 32.2. The van der Waals surface area contributed by atoms with E-state index in [9.17, 15) is 16.8 Å². The summed E-state index contributed by atoms with van der Waals surface area (Å²) in [5.41, 5.74) is 0.861. The molecule has 1 unspecified atom stereocenters. The normalized spacial score (nSPS) is 23.1. The molecule has 106 valence electrons. The molecule has 0 aromatic rings. The summed E-state index contributed by atoms with van der Waals surface area (Å²) < 4.78 is 53.5. The van der Waals surface area contributed by atoms with Gasteiger partial charge in [-0.1, -0.05) is 12.2 Å². The lowest BCUT2D eigenvalue weighted by Crippen LogP contribution is -2.37. The average Bonchev–Trinajstić information content (AvgIpc) is 2.58. The number of rotatable bonds is 7. The van der Waals surface area contributed by atoms with Crippen molar-refractivity contribution >= 4 is 19.9 Å². The Labute approximate surface area is 108 Å². The molecule has 0 saturated carbocycles. The molecule has 1 rings (SSSR count). The Balaban J connectivity index is 2.35. The summed E-state index contributed by atoms with van der Waals surface area (Å²) in [6, 6.07) is 0. The van der Waals surface area contributed by atoms with E-state index in [4.69, 9.17) is 4.74 Å². The fourth-order valence-corrected chi connectivity index (χ4v) is 5.69. The van der Waals surface area contributed by atoms with Crippen LogP contribution in [0, 0.1) is 0 Å². The van der Waals surface area contributed by atoms with Gasteiger partial charge in [0.1, 0.15) is 0 Å². The van der Waals surface area contributed by atoms with Crippen molar-refractivity contribution in [2.45, 2.75) is 18.6 Å². The van der Waals surface area contributed by atoms with Crippen molar-refractivity contribution in [1.82, 2.24) is 4.72 Å². The number of nitrogens with one attached hydrogen (secondary N) is 1. The molecule has 0 aromatic carbocycles. The van der Waals surface area contributed by atoms with E-state index < -0.39 is 25.1 Å². The zero-order chi connectivity index (χ0) is 13.8. The highest BCUT2D eigenvalue weighted by molar-refractivity contribution is 7.95. The van der Waals surface area contributed by atoms with Gasteiger partial charge < -0.3 is 4.74 Å². The Hall–Kier alpha value is -0.440. The van der Waals surface area contributed by atoms with E-state index in [1.54, 1.807) is 0 Å². The van der Waals surface area contributed by atoms with Gasteiger partial charge in [-0.3, -0.25) is 0 Å². The first kappa shape index (κ1) is 15.6. The lowest BCUT2D eigenvalue weighted by molar-refractivity contribution is 0.162. The highest BCUT2D eigenvalue weighted by Crippen LogP contribution is 2.17. The molecule has 1 atom stereocenters. The zero-order valence-corrected chi connectivity index (χ0v) is 12.0. The van der Waals surface area contributed by atoms with E-state index in [-0.39, 0.29) is 31.1 Å². The molecule has 0 radical (unpaired) electrons. The Morgan fingerprint density at radius 1 is 1.50 bits per heavy atom. The minimum Gasteiger partial charge on any atom is -0.376 e. The summed E-state index contributed by atoms with van der Waals surface area (Å²) >= 11 is 0. The molecule has 18 heavy (non-hydrogen) atoms. The molecule has 0 aromatic heterocycles. The fraction of sp³-hybridized carbons (Fsp3) is 0.800. The quantitative estimate of drug-likeness (QED) is 0.514. The molecule has 0 bridgehead atoms. The smallest absolute Gasteiger partial charge is 0.215 e. The summed E-state index contributed by atoms with van der Waals surface area (Å²) in [6.07, 6.45) is 0.171. The van der Waals surface area contributed by atoms with Gasteiger partial charge in [-0.2, -0.15) is 0 Å². The predicted octanol–water partition coefficient (Wildman–Crippen LogP) is -0.314. The number of sulfone groups is 1. The Kier molecular flexibility index (Phi) is 5.32. The van der Waals surface area contributed by atoms with Crippen molar-refractivity contribution in [3.05, 3.63) is 12.2 Å². The van der Waals surface area contributed by atoms with Crippen molar-refractivity contribution < 1.29 is 21.6 Å². The van der Waals surface area contributed by atoms with Crippen LogP contribution in [0.1, 0.15) is 13.3 Å². The second-order valence-electron chi connectivity index (χ2n) is 4.47. The first-order valence-electron chi connectivity index (χ1n) is 5.64. The van der Waals surface area contributed by atoms with Crippen LogP contribution in [0.3, 0.4) is 0 Å². The molecule has 0 spiro atoms. The van der Waals surface area contributed by atoms with Gasteiger partial charge in [-0.15, -0.1) is 0 Å². The van der Waals surface area contributed by atoms with E-state index in [2.05, 4.69) is 11.3 Å². The SMILES string of the molecule is C=C(C)COCCNS(=O)(=O)C1CCS(=O)(=O)C1. The molecule has 0 amide bonds. The van der Waals surface area contributed by atoms with Crippen LogP contribution in [0.5, 0.6) is 0 Å². The third-order valence-electron chi connectivity index (χ3n) is 2.53. The van der Waals surface area contributed by atoms with Gasteiger partial charge in [0.05, 0.1) is 30.0 Å². The monoisotopic (exact) mass is 297 g/mol. The van der Waals surface area contributed by atoms with Crippen LogP contribution in [-0.2, 0) is 24.6 Å². The first-order valence-corrected chi connectivity index (χ1v) is 9.01. The van der Waals surface area contributed by atoms with E-state index in [0.29, 0.717) is 6.61 Å². The third kappa shape index (κ3) is 5.05. The summed E-state index contributed by atoms with van der Waals surface area (Å²) in [6.45, 7) is 6.24. The van der Waals surface area contributed by atoms with Gasteiger partial charge in [-0.05, 0) is 13.3 Å². The molecule has 1 heterocycles. The molecule has 6 nitrogen and oxygen atoms in total. The number of hydrogen-bond acceptors (Lipinski definition) is 5. The van der Waals surface area contributed by atoms with Crippen LogP contribution in [0.2, 0.25) is 0 Å². The fourth-order valence-electron chi connectivity index (χ4n) is 1.63. The Bertz CT molecular complexity index is 494. The van der Waals surface area contributed by atoms with Gasteiger partial charge in [0.15, 0.2) is 9.84 Å². The Morgan fingerprint density at radius 3 is 2.67 bits per heavy atom. The summed E-state index contributed by atoms with van der Waals surface area (Å²) in [7, 11) is -6.75. The van der Waals surface area contributed by atoms with E-state index in [0.717, 1.165) is 5.57 Å². The van der Waals surface area contributed by atoms with Crippen molar-refractivity contribution in [1.29, 1.82) is 0 Å². The van der Waals surface area contributed by atoms with Crippen molar-refractivity contribution in [2.75, 3.05) is 31.3 Å². The standard InChI is InChI=1S/C10H19NO5S2/c1-9(2)7-16-5-4-11-18(14,15)10-3-6-17(12,13)8-10/h10-11H,1,3-8H2,2H3.